The molecule has 6 rings (SSSR count). The fraction of sp³-hybridized carbons (Fsp3) is 0.200. The summed E-state index contributed by atoms with van der Waals surface area (Å²) in [5.74, 6) is -2.61. The number of imide groups is 1. The van der Waals surface area contributed by atoms with E-state index in [-0.39, 0.29) is 0 Å². The maximum Gasteiger partial charge on any atom is 0.250 e. The fourth-order valence-electron chi connectivity index (χ4n) is 5.12. The number of nitrogens with zero attached hydrogens (tertiary/aromatic N) is 2. The molecule has 0 spiro atoms. The number of benzene rings is 2. The van der Waals surface area contributed by atoms with Crippen LogP contribution in [-0.2, 0) is 9.59 Å². The number of rotatable bonds is 0. The van der Waals surface area contributed by atoms with Gasteiger partial charge in [-0.15, -0.1) is 0 Å². The van der Waals surface area contributed by atoms with Crippen molar-refractivity contribution in [2.45, 2.75) is 11.8 Å². The third-order valence-electron chi connectivity index (χ3n) is 6.02. The topological polar surface area (TPSA) is 93.8 Å². The number of hydrogen-bond acceptors (Lipinski definition) is 4. The average molecular weight is 325 g/mol. The maximum absolute atomic E-state index is 12.8. The monoisotopic (exact) mass is 325 g/mol. The molecule has 118 valence electrons. The Balaban J connectivity index is 2.03. The lowest BCUT2D eigenvalue weighted by Gasteiger charge is -2.53. The molecular formula is C20H11N3O2. The lowest BCUT2D eigenvalue weighted by atomic mass is 9.42. The van der Waals surface area contributed by atoms with E-state index in [9.17, 15) is 20.1 Å². The summed E-state index contributed by atoms with van der Waals surface area (Å²) in [5, 5.41) is 22.5. The van der Waals surface area contributed by atoms with Crippen molar-refractivity contribution in [2.75, 3.05) is 0 Å². The van der Waals surface area contributed by atoms with Gasteiger partial charge in [0.2, 0.25) is 11.8 Å². The minimum absolute atomic E-state index is 0.638. The molecule has 1 N–H and O–H groups in total. The molecular weight excluding hydrogens is 314 g/mol. The Morgan fingerprint density at radius 1 is 0.720 bits per heavy atom. The first-order chi connectivity index (χ1) is 12.1. The van der Waals surface area contributed by atoms with E-state index in [0.717, 1.165) is 22.3 Å². The second kappa shape index (κ2) is 4.15. The largest absolute Gasteiger partial charge is 0.293 e. The van der Waals surface area contributed by atoms with E-state index in [1.54, 1.807) is 0 Å². The molecule has 3 aliphatic carbocycles. The molecule has 2 aromatic carbocycles. The molecule has 2 bridgehead atoms. The number of nitrogens with one attached hydrogen (secondary N) is 1. The quantitative estimate of drug-likeness (QED) is 0.749. The first-order valence-electron chi connectivity index (χ1n) is 7.99. The molecule has 2 atom stereocenters. The predicted octanol–water partition coefficient (Wildman–Crippen LogP) is 1.95. The van der Waals surface area contributed by atoms with Gasteiger partial charge in [0.1, 0.15) is 0 Å². The molecule has 4 aliphatic rings. The van der Waals surface area contributed by atoms with Gasteiger partial charge in [0.15, 0.2) is 10.8 Å². The van der Waals surface area contributed by atoms with Crippen molar-refractivity contribution in [1.82, 2.24) is 5.32 Å². The Kier molecular flexibility index (Phi) is 2.31. The summed E-state index contributed by atoms with van der Waals surface area (Å²) in [5.41, 5.74) is -0.0859. The van der Waals surface area contributed by atoms with Crippen LogP contribution in [0.5, 0.6) is 0 Å². The summed E-state index contributed by atoms with van der Waals surface area (Å²) in [4.78, 5) is 25.7. The van der Waals surface area contributed by atoms with Crippen molar-refractivity contribution in [1.29, 1.82) is 10.5 Å². The Morgan fingerprint density at radius 2 is 1.04 bits per heavy atom. The lowest BCUT2D eigenvalue weighted by molar-refractivity contribution is -0.130. The Morgan fingerprint density at radius 3 is 1.32 bits per heavy atom. The van der Waals surface area contributed by atoms with E-state index in [1.165, 1.54) is 0 Å². The Labute approximate surface area is 143 Å². The molecule has 0 radical (unpaired) electrons. The highest BCUT2D eigenvalue weighted by atomic mass is 16.2. The molecule has 1 saturated heterocycles. The molecule has 5 heteroatoms. The highest BCUT2D eigenvalue weighted by Crippen LogP contribution is 2.71. The van der Waals surface area contributed by atoms with E-state index < -0.39 is 34.5 Å². The summed E-state index contributed by atoms with van der Waals surface area (Å²) in [6.07, 6.45) is 0. The Bertz CT molecular complexity index is 945. The zero-order valence-electron chi connectivity index (χ0n) is 13.0. The van der Waals surface area contributed by atoms with Crippen LogP contribution in [0.3, 0.4) is 0 Å². The van der Waals surface area contributed by atoms with Gasteiger partial charge in [-0.05, 0) is 22.3 Å². The van der Waals surface area contributed by atoms with E-state index in [2.05, 4.69) is 17.5 Å². The van der Waals surface area contributed by atoms with E-state index in [1.807, 2.05) is 48.5 Å². The van der Waals surface area contributed by atoms with Crippen molar-refractivity contribution < 1.29 is 9.59 Å². The van der Waals surface area contributed by atoms with Gasteiger partial charge in [-0.25, -0.2) is 0 Å². The van der Waals surface area contributed by atoms with Crippen LogP contribution in [0.25, 0.3) is 0 Å². The second-order valence-corrected chi connectivity index (χ2v) is 6.75. The molecule has 0 aromatic heterocycles. The van der Waals surface area contributed by atoms with Crippen molar-refractivity contribution >= 4 is 11.8 Å². The SMILES string of the molecule is N#C[C@]12C(=O)NC(=O)[C@]1(C#N)C1c3ccccc3C2c2ccccc21. The van der Waals surface area contributed by atoms with Crippen LogP contribution in [0.4, 0.5) is 0 Å². The van der Waals surface area contributed by atoms with Crippen LogP contribution in [0.15, 0.2) is 48.5 Å². The second-order valence-electron chi connectivity index (χ2n) is 6.75. The Hall–Kier alpha value is -3.44. The van der Waals surface area contributed by atoms with Crippen LogP contribution in [-0.4, -0.2) is 11.8 Å². The number of hydrogen-bond donors (Lipinski definition) is 1. The standard InChI is InChI=1S/C20H11N3O2/c21-9-19-15-11-5-1-2-6-12(11)16(14-8-4-3-7-13(14)15)20(19,10-22)18(25)23-17(19)24/h1-8,15-16H,(H,23,24,25)/t15?,16?,19-,20-/m0/s1. The zero-order chi connectivity index (χ0) is 17.4. The number of carbonyl (C=O) groups excluding carboxylic acids is 2. The van der Waals surface area contributed by atoms with E-state index in [4.69, 9.17) is 0 Å². The average Bonchev–Trinajstić information content (AvgIpc) is 2.89. The molecule has 25 heavy (non-hydrogen) atoms. The normalized spacial score (nSPS) is 33.5. The van der Waals surface area contributed by atoms with Gasteiger partial charge in [0, 0.05) is 11.8 Å². The summed E-state index contributed by atoms with van der Waals surface area (Å²) in [6.45, 7) is 0. The van der Waals surface area contributed by atoms with E-state index >= 15 is 0 Å². The van der Waals surface area contributed by atoms with Gasteiger partial charge >= 0.3 is 0 Å². The van der Waals surface area contributed by atoms with E-state index in [0.29, 0.717) is 0 Å². The van der Waals surface area contributed by atoms with Gasteiger partial charge in [-0.3, -0.25) is 14.9 Å². The summed E-state index contributed by atoms with van der Waals surface area (Å²) >= 11 is 0. The number of amides is 2. The third-order valence-corrected chi connectivity index (χ3v) is 6.02. The van der Waals surface area contributed by atoms with Crippen LogP contribution >= 0.6 is 0 Å². The summed E-state index contributed by atoms with van der Waals surface area (Å²) < 4.78 is 0. The summed E-state index contributed by atoms with van der Waals surface area (Å²) in [6, 6.07) is 19.2. The van der Waals surface area contributed by atoms with Gasteiger partial charge in [0.05, 0.1) is 12.1 Å². The lowest BCUT2D eigenvalue weighted by Crippen LogP contribution is -2.57. The van der Waals surface area contributed by atoms with Gasteiger partial charge < -0.3 is 0 Å². The number of carbonyl (C=O) groups is 2. The first-order valence-corrected chi connectivity index (χ1v) is 7.99. The van der Waals surface area contributed by atoms with Gasteiger partial charge in [-0.2, -0.15) is 10.5 Å². The van der Waals surface area contributed by atoms with Crippen LogP contribution < -0.4 is 5.32 Å². The molecule has 1 fully saturated rings. The zero-order valence-corrected chi connectivity index (χ0v) is 13.0. The first kappa shape index (κ1) is 13.9. The molecule has 1 aliphatic heterocycles. The maximum atomic E-state index is 12.8. The molecule has 5 nitrogen and oxygen atoms in total. The molecule has 1 heterocycles. The van der Waals surface area contributed by atoms with Gasteiger partial charge in [-0.1, -0.05) is 48.5 Å². The third kappa shape index (κ3) is 1.18. The summed E-state index contributed by atoms with van der Waals surface area (Å²) in [7, 11) is 0. The predicted molar refractivity (Wildman–Crippen MR) is 85.8 cm³/mol. The van der Waals surface area contributed by atoms with Crippen LogP contribution in [0.2, 0.25) is 0 Å². The van der Waals surface area contributed by atoms with Crippen molar-refractivity contribution in [2.24, 2.45) is 10.8 Å². The van der Waals surface area contributed by atoms with Crippen molar-refractivity contribution in [3.8, 4) is 12.1 Å². The molecule has 2 aromatic rings. The minimum Gasteiger partial charge on any atom is -0.293 e. The molecule has 0 unspecified atom stereocenters. The molecule has 0 saturated carbocycles. The van der Waals surface area contributed by atoms with Crippen molar-refractivity contribution in [3.05, 3.63) is 70.8 Å². The highest BCUT2D eigenvalue weighted by molar-refractivity contribution is 6.15. The molecule has 2 amide bonds. The number of nitriles is 2. The fourth-order valence-corrected chi connectivity index (χ4v) is 5.12. The van der Waals surface area contributed by atoms with Crippen LogP contribution in [0.1, 0.15) is 34.1 Å². The van der Waals surface area contributed by atoms with Crippen LogP contribution in [0, 0.1) is 33.5 Å². The smallest absolute Gasteiger partial charge is 0.250 e. The highest BCUT2D eigenvalue weighted by Gasteiger charge is 2.79. The van der Waals surface area contributed by atoms with Gasteiger partial charge in [0.25, 0.3) is 0 Å². The minimum atomic E-state index is -1.74. The van der Waals surface area contributed by atoms with Crippen molar-refractivity contribution in [3.63, 3.8) is 0 Å².